The molecule has 0 bridgehead atoms. The number of fused-ring (bicyclic) bond motifs is 1. The van der Waals surface area contributed by atoms with E-state index in [0.29, 0.717) is 35.8 Å². The van der Waals surface area contributed by atoms with Gasteiger partial charge in [0.1, 0.15) is 19.0 Å². The molecule has 5 rings (SSSR count). The van der Waals surface area contributed by atoms with E-state index in [0.717, 1.165) is 33.2 Å². The molecular formula is C30H26N2O5. The van der Waals surface area contributed by atoms with Crippen molar-refractivity contribution in [1.29, 1.82) is 0 Å². The van der Waals surface area contributed by atoms with Crippen LogP contribution in [0.4, 0.5) is 0 Å². The molecule has 0 aliphatic rings. The quantitative estimate of drug-likeness (QED) is 0.255. The van der Waals surface area contributed by atoms with Gasteiger partial charge in [-0.25, -0.2) is 0 Å². The zero-order valence-corrected chi connectivity index (χ0v) is 20.1. The Hall–Kier alpha value is -4.62. The van der Waals surface area contributed by atoms with E-state index in [2.05, 4.69) is 17.1 Å². The Bertz CT molecular complexity index is 1530. The van der Waals surface area contributed by atoms with Gasteiger partial charge in [0.2, 0.25) is 0 Å². The van der Waals surface area contributed by atoms with Crippen molar-refractivity contribution in [3.63, 3.8) is 0 Å². The molecular weight excluding hydrogens is 468 g/mol. The van der Waals surface area contributed by atoms with Crippen molar-refractivity contribution in [2.24, 2.45) is 5.73 Å². The maximum Gasteiger partial charge on any atom is 0.307 e. The van der Waals surface area contributed by atoms with Crippen LogP contribution >= 0.6 is 0 Å². The van der Waals surface area contributed by atoms with Crippen LogP contribution in [0.5, 0.6) is 11.5 Å². The van der Waals surface area contributed by atoms with Crippen molar-refractivity contribution in [1.82, 2.24) is 4.98 Å². The average molecular weight is 495 g/mol. The number of pyridine rings is 1. The number of nitrogens with zero attached hydrogens (tertiary/aromatic N) is 1. The first-order valence-corrected chi connectivity index (χ1v) is 11.9. The van der Waals surface area contributed by atoms with Gasteiger partial charge in [-0.3, -0.25) is 9.78 Å². The van der Waals surface area contributed by atoms with Crippen LogP contribution in [0, 0.1) is 0 Å². The minimum absolute atomic E-state index is 0.114. The normalized spacial score (nSPS) is 10.9. The number of nitrogens with two attached hydrogens (primary N) is 1. The number of carbonyl (C=O) groups is 1. The van der Waals surface area contributed by atoms with Crippen LogP contribution in [0.2, 0.25) is 0 Å². The van der Waals surface area contributed by atoms with E-state index in [1.165, 1.54) is 0 Å². The summed E-state index contributed by atoms with van der Waals surface area (Å²) in [6.07, 6.45) is 5.00. The summed E-state index contributed by atoms with van der Waals surface area (Å²) in [5.41, 5.74) is 11.9. The van der Waals surface area contributed by atoms with Crippen molar-refractivity contribution >= 4 is 16.9 Å². The largest absolute Gasteiger partial charge is 0.488 e. The topological polar surface area (TPSA) is 108 Å². The van der Waals surface area contributed by atoms with Gasteiger partial charge >= 0.3 is 5.97 Å². The predicted octanol–water partition coefficient (Wildman–Crippen LogP) is 5.74. The van der Waals surface area contributed by atoms with Gasteiger partial charge in [-0.1, -0.05) is 36.4 Å². The van der Waals surface area contributed by atoms with Gasteiger partial charge < -0.3 is 24.7 Å². The fraction of sp³-hybridized carbons (Fsp3) is 0.133. The third-order valence-electron chi connectivity index (χ3n) is 6.06. The Balaban J connectivity index is 1.50. The molecule has 0 spiro atoms. The lowest BCUT2D eigenvalue weighted by Gasteiger charge is -2.12. The van der Waals surface area contributed by atoms with Crippen molar-refractivity contribution in [3.8, 4) is 22.6 Å². The summed E-state index contributed by atoms with van der Waals surface area (Å²) >= 11 is 0. The second-order valence-electron chi connectivity index (χ2n) is 8.63. The fourth-order valence-corrected chi connectivity index (χ4v) is 4.17. The zero-order valence-electron chi connectivity index (χ0n) is 20.1. The molecule has 3 aromatic carbocycles. The molecule has 7 nitrogen and oxygen atoms in total. The van der Waals surface area contributed by atoms with Crippen LogP contribution in [-0.2, 0) is 31.0 Å². The molecule has 0 atom stereocenters. The molecule has 0 amide bonds. The highest BCUT2D eigenvalue weighted by Gasteiger charge is 2.16. The maximum absolute atomic E-state index is 11.3. The van der Waals surface area contributed by atoms with Gasteiger partial charge in [-0.15, -0.1) is 0 Å². The van der Waals surface area contributed by atoms with Crippen LogP contribution in [0.15, 0.2) is 95.9 Å². The maximum atomic E-state index is 11.3. The number of benzene rings is 3. The molecule has 2 heterocycles. The molecule has 2 aromatic heterocycles. The van der Waals surface area contributed by atoms with Gasteiger partial charge in [0.05, 0.1) is 12.7 Å². The number of furan rings is 1. The molecule has 0 saturated heterocycles. The van der Waals surface area contributed by atoms with E-state index >= 15 is 0 Å². The van der Waals surface area contributed by atoms with E-state index < -0.39 is 5.97 Å². The third kappa shape index (κ3) is 5.63. The van der Waals surface area contributed by atoms with Gasteiger partial charge in [-0.05, 0) is 58.7 Å². The highest BCUT2D eigenvalue weighted by Crippen LogP contribution is 2.37. The molecule has 3 N–H and O–H groups in total. The minimum Gasteiger partial charge on any atom is -0.488 e. The molecule has 0 saturated carbocycles. The number of carboxylic acid groups (broad SMARTS) is 1. The van der Waals surface area contributed by atoms with Crippen molar-refractivity contribution < 1.29 is 23.8 Å². The van der Waals surface area contributed by atoms with Crippen LogP contribution in [0.25, 0.3) is 22.1 Å². The summed E-state index contributed by atoms with van der Waals surface area (Å²) in [6, 6.07) is 23.0. The van der Waals surface area contributed by atoms with E-state index in [9.17, 15) is 9.90 Å². The molecule has 0 fully saturated rings. The predicted molar refractivity (Wildman–Crippen MR) is 140 cm³/mol. The van der Waals surface area contributed by atoms with E-state index in [-0.39, 0.29) is 13.0 Å². The summed E-state index contributed by atoms with van der Waals surface area (Å²) in [5, 5.41) is 10.1. The van der Waals surface area contributed by atoms with Crippen LogP contribution < -0.4 is 15.2 Å². The number of hydrogen-bond acceptors (Lipinski definition) is 6. The Labute approximate surface area is 214 Å². The summed E-state index contributed by atoms with van der Waals surface area (Å²) in [5.74, 6) is 0.227. The monoisotopic (exact) mass is 494 g/mol. The summed E-state index contributed by atoms with van der Waals surface area (Å²) < 4.78 is 18.2. The Morgan fingerprint density at radius 1 is 0.838 bits per heavy atom. The summed E-state index contributed by atoms with van der Waals surface area (Å²) in [6.45, 7) is 1.01. The molecule has 0 radical (unpaired) electrons. The van der Waals surface area contributed by atoms with Crippen molar-refractivity contribution in [3.05, 3.63) is 114 Å². The van der Waals surface area contributed by atoms with Crippen LogP contribution in [-0.4, -0.2) is 16.1 Å². The molecule has 0 aliphatic heterocycles. The van der Waals surface area contributed by atoms with E-state index in [1.54, 1.807) is 36.9 Å². The lowest BCUT2D eigenvalue weighted by atomic mass is 10.00. The zero-order chi connectivity index (χ0) is 25.6. The van der Waals surface area contributed by atoms with Gasteiger partial charge in [0, 0.05) is 35.5 Å². The summed E-state index contributed by atoms with van der Waals surface area (Å²) in [4.78, 5) is 15.3. The molecule has 0 unspecified atom stereocenters. The molecule has 37 heavy (non-hydrogen) atoms. The van der Waals surface area contributed by atoms with Gasteiger partial charge in [0.15, 0.2) is 11.3 Å². The third-order valence-corrected chi connectivity index (χ3v) is 6.06. The number of rotatable bonds is 10. The smallest absolute Gasteiger partial charge is 0.307 e. The number of para-hydroxylation sites is 1. The number of aromatic nitrogens is 1. The molecule has 186 valence electrons. The van der Waals surface area contributed by atoms with Gasteiger partial charge in [0.25, 0.3) is 0 Å². The Kier molecular flexibility index (Phi) is 7.14. The summed E-state index contributed by atoms with van der Waals surface area (Å²) in [7, 11) is 0. The average Bonchev–Trinajstić information content (AvgIpc) is 3.34. The first-order chi connectivity index (χ1) is 18.1. The number of hydrogen-bond donors (Lipinski definition) is 2. The first-order valence-electron chi connectivity index (χ1n) is 11.9. The lowest BCUT2D eigenvalue weighted by molar-refractivity contribution is -0.136. The number of carboxylic acids is 1. The molecule has 7 heteroatoms. The SMILES string of the molecule is NCc1cccc(-c2cc(OCc3ccncc3)c3occ(COc4ccccc4CC(=O)O)c3c2)c1. The number of aliphatic carboxylic acids is 1. The Morgan fingerprint density at radius 3 is 2.46 bits per heavy atom. The van der Waals surface area contributed by atoms with E-state index in [1.807, 2.05) is 42.5 Å². The number of ether oxygens (including phenoxy) is 2. The van der Waals surface area contributed by atoms with Crippen LogP contribution in [0.1, 0.15) is 22.3 Å². The highest BCUT2D eigenvalue weighted by molar-refractivity contribution is 5.91. The van der Waals surface area contributed by atoms with Crippen LogP contribution in [0.3, 0.4) is 0 Å². The van der Waals surface area contributed by atoms with Gasteiger partial charge in [-0.2, -0.15) is 0 Å². The standard InChI is InChI=1S/C30H26N2O5/c31-16-21-4-3-6-22(12-21)24-13-26-25(18-36-27-7-2-1-5-23(27)15-29(33)34)19-37-30(26)28(14-24)35-17-20-8-10-32-11-9-20/h1-14,19H,15-18,31H2,(H,33,34). The van der Waals surface area contributed by atoms with Crippen molar-refractivity contribution in [2.75, 3.05) is 0 Å². The Morgan fingerprint density at radius 2 is 1.65 bits per heavy atom. The second kappa shape index (κ2) is 11.0. The fourth-order valence-electron chi connectivity index (χ4n) is 4.17. The van der Waals surface area contributed by atoms with E-state index in [4.69, 9.17) is 19.6 Å². The second-order valence-corrected chi connectivity index (χ2v) is 8.63. The van der Waals surface area contributed by atoms with Crippen molar-refractivity contribution in [2.45, 2.75) is 26.2 Å². The minimum atomic E-state index is -0.912. The lowest BCUT2D eigenvalue weighted by Crippen LogP contribution is -2.04. The molecule has 0 aliphatic carbocycles. The highest BCUT2D eigenvalue weighted by atomic mass is 16.5. The molecule has 5 aromatic rings. The first kappa shape index (κ1) is 24.1.